The summed E-state index contributed by atoms with van der Waals surface area (Å²) in [6, 6.07) is 1.59. The van der Waals surface area contributed by atoms with E-state index < -0.39 is 23.8 Å². The number of nitrogen functional groups attached to an aromatic ring is 1. The molecule has 5 N–H and O–H groups in total. The van der Waals surface area contributed by atoms with Gasteiger partial charge >= 0.3 is 0 Å². The van der Waals surface area contributed by atoms with Crippen molar-refractivity contribution in [3.63, 3.8) is 0 Å². The Morgan fingerprint density at radius 3 is 2.53 bits per heavy atom. The molecule has 2 unspecified atom stereocenters. The molecule has 0 aromatic heterocycles. The third-order valence-electron chi connectivity index (χ3n) is 2.49. The van der Waals surface area contributed by atoms with E-state index in [0.29, 0.717) is 12.6 Å². The van der Waals surface area contributed by atoms with Crippen LogP contribution in [0, 0.1) is 11.6 Å². The SMILES string of the molecule is CNCCC(O)C(O)c1cc(N)c(F)cc1F. The maximum atomic E-state index is 13.4. The van der Waals surface area contributed by atoms with Gasteiger partial charge < -0.3 is 21.3 Å². The molecule has 0 fully saturated rings. The van der Waals surface area contributed by atoms with Gasteiger partial charge in [0.05, 0.1) is 11.8 Å². The van der Waals surface area contributed by atoms with Crippen LogP contribution in [0.15, 0.2) is 12.1 Å². The van der Waals surface area contributed by atoms with E-state index >= 15 is 0 Å². The summed E-state index contributed by atoms with van der Waals surface area (Å²) in [5.74, 6) is -1.81. The van der Waals surface area contributed by atoms with Crippen LogP contribution >= 0.6 is 0 Å². The fourth-order valence-corrected chi connectivity index (χ4v) is 1.47. The molecule has 0 aliphatic rings. The smallest absolute Gasteiger partial charge is 0.149 e. The van der Waals surface area contributed by atoms with Crippen molar-refractivity contribution in [2.45, 2.75) is 18.6 Å². The monoisotopic (exact) mass is 246 g/mol. The average molecular weight is 246 g/mol. The van der Waals surface area contributed by atoms with Gasteiger partial charge in [-0.3, -0.25) is 0 Å². The summed E-state index contributed by atoms with van der Waals surface area (Å²) in [7, 11) is 1.69. The van der Waals surface area contributed by atoms with E-state index in [1.165, 1.54) is 0 Å². The standard InChI is InChI=1S/C11H16F2N2O2/c1-15-3-2-10(16)11(17)6-4-9(14)8(13)5-7(6)12/h4-5,10-11,15-17H,2-3,14H2,1H3. The lowest BCUT2D eigenvalue weighted by atomic mass is 10.0. The highest BCUT2D eigenvalue weighted by molar-refractivity contribution is 5.44. The Bertz CT molecular complexity index is 388. The fourth-order valence-electron chi connectivity index (χ4n) is 1.47. The van der Waals surface area contributed by atoms with Crippen LogP contribution in [0.4, 0.5) is 14.5 Å². The van der Waals surface area contributed by atoms with Crippen molar-refractivity contribution in [1.82, 2.24) is 5.32 Å². The highest BCUT2D eigenvalue weighted by atomic mass is 19.1. The molecule has 6 heteroatoms. The van der Waals surface area contributed by atoms with Crippen LogP contribution in [-0.2, 0) is 0 Å². The topological polar surface area (TPSA) is 78.5 Å². The number of rotatable bonds is 5. The molecule has 2 atom stereocenters. The van der Waals surface area contributed by atoms with Gasteiger partial charge in [0.15, 0.2) is 0 Å². The number of benzene rings is 1. The molecule has 4 nitrogen and oxygen atoms in total. The largest absolute Gasteiger partial charge is 0.396 e. The quantitative estimate of drug-likeness (QED) is 0.572. The van der Waals surface area contributed by atoms with Gasteiger partial charge in [-0.2, -0.15) is 0 Å². The molecule has 0 saturated carbocycles. The second-order valence-corrected chi connectivity index (χ2v) is 3.80. The lowest BCUT2D eigenvalue weighted by Gasteiger charge is -2.19. The van der Waals surface area contributed by atoms with Crippen LogP contribution in [0.5, 0.6) is 0 Å². The normalized spacial score (nSPS) is 14.6. The molecule has 96 valence electrons. The summed E-state index contributed by atoms with van der Waals surface area (Å²) in [5.41, 5.74) is 4.82. The van der Waals surface area contributed by atoms with Gasteiger partial charge in [0.25, 0.3) is 0 Å². The number of hydrogen-bond donors (Lipinski definition) is 4. The van der Waals surface area contributed by atoms with Crippen molar-refractivity contribution in [1.29, 1.82) is 0 Å². The van der Waals surface area contributed by atoms with Gasteiger partial charge in [-0.15, -0.1) is 0 Å². The van der Waals surface area contributed by atoms with Gasteiger partial charge in [0, 0.05) is 11.6 Å². The van der Waals surface area contributed by atoms with Crippen molar-refractivity contribution < 1.29 is 19.0 Å². The molecule has 1 aromatic carbocycles. The van der Waals surface area contributed by atoms with E-state index in [9.17, 15) is 19.0 Å². The summed E-state index contributed by atoms with van der Waals surface area (Å²) in [6.07, 6.45) is -2.32. The molecule has 0 aliphatic carbocycles. The first kappa shape index (κ1) is 13.8. The van der Waals surface area contributed by atoms with E-state index in [-0.39, 0.29) is 17.7 Å². The number of hydrogen-bond acceptors (Lipinski definition) is 4. The Morgan fingerprint density at radius 1 is 1.29 bits per heavy atom. The Morgan fingerprint density at radius 2 is 1.94 bits per heavy atom. The molecule has 0 spiro atoms. The van der Waals surface area contributed by atoms with Gasteiger partial charge in [-0.1, -0.05) is 0 Å². The van der Waals surface area contributed by atoms with Crippen LogP contribution in [0.3, 0.4) is 0 Å². The van der Waals surface area contributed by atoms with Crippen molar-refractivity contribution in [3.8, 4) is 0 Å². The molecule has 0 saturated heterocycles. The second-order valence-electron chi connectivity index (χ2n) is 3.80. The highest BCUT2D eigenvalue weighted by Crippen LogP contribution is 2.25. The van der Waals surface area contributed by atoms with E-state index in [1.807, 2.05) is 0 Å². The molecular formula is C11H16F2N2O2. The number of aliphatic hydroxyl groups excluding tert-OH is 2. The molecule has 1 aromatic rings. The van der Waals surface area contributed by atoms with Gasteiger partial charge in [0.1, 0.15) is 17.7 Å². The summed E-state index contributed by atoms with van der Waals surface area (Å²) < 4.78 is 26.3. The van der Waals surface area contributed by atoms with Crippen LogP contribution in [-0.4, -0.2) is 29.9 Å². The number of nitrogens with two attached hydrogens (primary N) is 1. The second kappa shape index (κ2) is 5.90. The Labute approximate surface area is 98.1 Å². The maximum absolute atomic E-state index is 13.4. The Balaban J connectivity index is 2.88. The fraction of sp³-hybridized carbons (Fsp3) is 0.455. The van der Waals surface area contributed by atoms with Crippen molar-refractivity contribution in [2.75, 3.05) is 19.3 Å². The van der Waals surface area contributed by atoms with Gasteiger partial charge in [-0.05, 0) is 26.1 Å². The molecule has 0 radical (unpaired) electrons. The minimum Gasteiger partial charge on any atom is -0.396 e. The average Bonchev–Trinajstić information content (AvgIpc) is 2.29. The zero-order valence-corrected chi connectivity index (χ0v) is 9.45. The number of anilines is 1. The summed E-state index contributed by atoms with van der Waals surface area (Å²) in [6.45, 7) is 0.469. The molecule has 0 aliphatic heterocycles. The number of halogens is 2. The van der Waals surface area contributed by atoms with Crippen LogP contribution in [0.2, 0.25) is 0 Å². The van der Waals surface area contributed by atoms with Crippen LogP contribution in [0.1, 0.15) is 18.1 Å². The molecule has 0 heterocycles. The zero-order chi connectivity index (χ0) is 13.0. The molecule has 17 heavy (non-hydrogen) atoms. The minimum atomic E-state index is -1.42. The van der Waals surface area contributed by atoms with E-state index in [0.717, 1.165) is 6.07 Å². The molecular weight excluding hydrogens is 230 g/mol. The molecule has 0 bridgehead atoms. The van der Waals surface area contributed by atoms with Crippen molar-refractivity contribution in [2.24, 2.45) is 0 Å². The van der Waals surface area contributed by atoms with Crippen molar-refractivity contribution >= 4 is 5.69 Å². The van der Waals surface area contributed by atoms with E-state index in [1.54, 1.807) is 7.05 Å². The van der Waals surface area contributed by atoms with Gasteiger partial charge in [-0.25, -0.2) is 8.78 Å². The zero-order valence-electron chi connectivity index (χ0n) is 9.45. The first-order chi connectivity index (χ1) is 7.97. The lowest BCUT2D eigenvalue weighted by Crippen LogP contribution is -2.24. The summed E-state index contributed by atoms with van der Waals surface area (Å²) in [5, 5.41) is 22.1. The highest BCUT2D eigenvalue weighted by Gasteiger charge is 2.22. The Kier molecular flexibility index (Phi) is 4.80. The van der Waals surface area contributed by atoms with Gasteiger partial charge in [0.2, 0.25) is 0 Å². The Hall–Kier alpha value is -1.24. The van der Waals surface area contributed by atoms with Crippen LogP contribution in [0.25, 0.3) is 0 Å². The maximum Gasteiger partial charge on any atom is 0.149 e. The molecule has 0 amide bonds. The predicted octanol–water partition coefficient (Wildman–Crippen LogP) is 0.551. The predicted molar refractivity (Wildman–Crippen MR) is 60.3 cm³/mol. The summed E-state index contributed by atoms with van der Waals surface area (Å²) >= 11 is 0. The first-order valence-corrected chi connectivity index (χ1v) is 5.22. The third kappa shape index (κ3) is 3.36. The summed E-state index contributed by atoms with van der Waals surface area (Å²) in [4.78, 5) is 0. The van der Waals surface area contributed by atoms with Crippen LogP contribution < -0.4 is 11.1 Å². The van der Waals surface area contributed by atoms with E-state index in [4.69, 9.17) is 5.73 Å². The molecule has 1 rings (SSSR count). The van der Waals surface area contributed by atoms with Crippen molar-refractivity contribution in [3.05, 3.63) is 29.3 Å². The third-order valence-corrected chi connectivity index (χ3v) is 2.49. The number of aliphatic hydroxyl groups is 2. The number of nitrogens with one attached hydrogen (secondary N) is 1. The van der Waals surface area contributed by atoms with E-state index in [2.05, 4.69) is 5.32 Å². The minimum absolute atomic E-state index is 0.201. The first-order valence-electron chi connectivity index (χ1n) is 5.22. The lowest BCUT2D eigenvalue weighted by molar-refractivity contribution is 0.0120.